The molecule has 0 unspecified atom stereocenters. The average Bonchev–Trinajstić information content (AvgIpc) is 3.19. The van der Waals surface area contributed by atoms with E-state index in [-0.39, 0.29) is 22.5 Å². The normalized spacial score (nSPS) is 19.4. The molecule has 1 aromatic heterocycles. The maximum Gasteiger partial charge on any atom is 0.248 e. The van der Waals surface area contributed by atoms with Gasteiger partial charge in [0.15, 0.2) is 10.7 Å². The number of carbonyl (C=O) groups is 1. The summed E-state index contributed by atoms with van der Waals surface area (Å²) >= 11 is 0. The second kappa shape index (κ2) is 9.81. The van der Waals surface area contributed by atoms with Gasteiger partial charge < -0.3 is 9.42 Å². The fraction of sp³-hybridized carbons (Fsp3) is 0.520. The summed E-state index contributed by atoms with van der Waals surface area (Å²) in [4.78, 5) is 15.0. The van der Waals surface area contributed by atoms with Crippen LogP contribution in [0.1, 0.15) is 55.2 Å². The number of aromatic nitrogens is 1. The van der Waals surface area contributed by atoms with Crippen LogP contribution in [0, 0.1) is 25.7 Å². The molecule has 0 N–H and O–H groups in total. The van der Waals surface area contributed by atoms with Gasteiger partial charge >= 0.3 is 0 Å². The van der Waals surface area contributed by atoms with Gasteiger partial charge in [0, 0.05) is 32.1 Å². The van der Waals surface area contributed by atoms with Crippen LogP contribution in [0.25, 0.3) is 12.2 Å². The van der Waals surface area contributed by atoms with Crippen molar-refractivity contribution in [2.24, 2.45) is 11.8 Å². The van der Waals surface area contributed by atoms with Crippen LogP contribution in [0.15, 0.2) is 33.7 Å². The Balaban J connectivity index is 1.45. The molecule has 178 valence electrons. The first kappa shape index (κ1) is 23.7. The molecule has 1 aromatic carbocycles. The smallest absolute Gasteiger partial charge is 0.248 e. The molecule has 1 amide bonds. The highest BCUT2D eigenvalue weighted by Gasteiger charge is 2.37. The number of hydrogen-bond donors (Lipinski definition) is 0. The van der Waals surface area contributed by atoms with Crippen molar-refractivity contribution in [2.75, 3.05) is 26.2 Å². The summed E-state index contributed by atoms with van der Waals surface area (Å²) in [6.07, 6.45) is 6.67. The molecule has 0 aliphatic carbocycles. The minimum absolute atomic E-state index is 0.103. The quantitative estimate of drug-likeness (QED) is 0.655. The highest BCUT2D eigenvalue weighted by atomic mass is 32.2. The monoisotopic (exact) mass is 471 g/mol. The third kappa shape index (κ3) is 5.22. The van der Waals surface area contributed by atoms with Crippen LogP contribution in [0.4, 0.5) is 0 Å². The minimum Gasteiger partial charge on any atom is -0.355 e. The van der Waals surface area contributed by atoms with E-state index in [9.17, 15) is 13.2 Å². The molecule has 0 bridgehead atoms. The Hall–Kier alpha value is -2.45. The Morgan fingerprint density at radius 3 is 2.42 bits per heavy atom. The zero-order chi connectivity index (χ0) is 23.6. The van der Waals surface area contributed by atoms with E-state index in [4.69, 9.17) is 4.52 Å². The number of aryl methyl sites for hydroxylation is 2. The lowest BCUT2D eigenvalue weighted by Gasteiger charge is -2.36. The van der Waals surface area contributed by atoms with Crippen molar-refractivity contribution >= 4 is 28.1 Å². The third-order valence-corrected chi connectivity index (χ3v) is 8.86. The number of amides is 1. The average molecular weight is 472 g/mol. The minimum atomic E-state index is -3.77. The molecule has 7 nitrogen and oxygen atoms in total. The molecule has 3 heterocycles. The Bertz CT molecular complexity index is 1120. The lowest BCUT2D eigenvalue weighted by atomic mass is 9.93. The molecule has 33 heavy (non-hydrogen) atoms. The van der Waals surface area contributed by atoms with Gasteiger partial charge in [-0.25, -0.2) is 8.42 Å². The zero-order valence-corrected chi connectivity index (χ0v) is 20.5. The number of carbonyl (C=O) groups excluding carboxylic acids is 1. The first-order valence-corrected chi connectivity index (χ1v) is 13.2. The number of piperidine rings is 2. The summed E-state index contributed by atoms with van der Waals surface area (Å²) in [5.41, 5.74) is 2.42. The first-order valence-electron chi connectivity index (χ1n) is 11.8. The third-order valence-electron chi connectivity index (χ3n) is 6.80. The van der Waals surface area contributed by atoms with Crippen molar-refractivity contribution in [3.63, 3.8) is 0 Å². The van der Waals surface area contributed by atoms with Crippen molar-refractivity contribution < 1.29 is 17.7 Å². The highest BCUT2D eigenvalue weighted by Crippen LogP contribution is 2.30. The molecule has 4 rings (SSSR count). The van der Waals surface area contributed by atoms with Crippen molar-refractivity contribution in [1.82, 2.24) is 14.4 Å². The van der Waals surface area contributed by atoms with E-state index < -0.39 is 10.0 Å². The van der Waals surface area contributed by atoms with E-state index in [1.165, 1.54) is 4.31 Å². The van der Waals surface area contributed by atoms with Gasteiger partial charge in [0.05, 0.1) is 0 Å². The standard InChI is InChI=1S/C25H33N3O4S/c1-18-9-13-27(14-10-18)25(29)22-11-15-28(16-12-22)33(30,31)24-20(3)26-32-23(24)8-7-21-6-4-5-19(2)17-21/h4-8,17-18,22H,9-16H2,1-3H3. The number of rotatable bonds is 5. The van der Waals surface area contributed by atoms with E-state index >= 15 is 0 Å². The van der Waals surface area contributed by atoms with E-state index in [1.807, 2.05) is 42.2 Å². The Morgan fingerprint density at radius 1 is 1.06 bits per heavy atom. The fourth-order valence-corrected chi connectivity index (χ4v) is 6.42. The number of hydrogen-bond acceptors (Lipinski definition) is 5. The van der Waals surface area contributed by atoms with Gasteiger partial charge in [-0.15, -0.1) is 0 Å². The van der Waals surface area contributed by atoms with Crippen LogP contribution in [0.2, 0.25) is 0 Å². The molecule has 0 atom stereocenters. The number of nitrogens with zero attached hydrogens (tertiary/aromatic N) is 3. The van der Waals surface area contributed by atoms with Crippen LogP contribution >= 0.6 is 0 Å². The molecule has 2 aliphatic rings. The summed E-state index contributed by atoms with van der Waals surface area (Å²) in [7, 11) is -3.77. The number of sulfonamides is 1. The molecule has 2 aliphatic heterocycles. The van der Waals surface area contributed by atoms with Crippen LogP contribution in [0.5, 0.6) is 0 Å². The predicted molar refractivity (Wildman–Crippen MR) is 128 cm³/mol. The number of likely N-dealkylation sites (tertiary alicyclic amines) is 1. The van der Waals surface area contributed by atoms with E-state index in [0.29, 0.717) is 37.5 Å². The van der Waals surface area contributed by atoms with Crippen LogP contribution in [-0.2, 0) is 14.8 Å². The Labute approximate surface area is 196 Å². The lowest BCUT2D eigenvalue weighted by Crippen LogP contribution is -2.46. The molecule has 2 fully saturated rings. The van der Waals surface area contributed by atoms with Crippen LogP contribution < -0.4 is 0 Å². The van der Waals surface area contributed by atoms with E-state index in [2.05, 4.69) is 12.1 Å². The van der Waals surface area contributed by atoms with Gasteiger partial charge in [-0.1, -0.05) is 48.0 Å². The molecule has 2 aromatic rings. The second-order valence-electron chi connectivity index (χ2n) is 9.39. The van der Waals surface area contributed by atoms with Crippen molar-refractivity contribution in [3.8, 4) is 0 Å². The number of benzene rings is 1. The summed E-state index contributed by atoms with van der Waals surface area (Å²) < 4.78 is 33.8. The fourth-order valence-electron chi connectivity index (χ4n) is 4.70. The van der Waals surface area contributed by atoms with Gasteiger partial charge in [-0.2, -0.15) is 4.31 Å². The van der Waals surface area contributed by atoms with Crippen molar-refractivity contribution in [2.45, 2.75) is 51.3 Å². The molecule has 0 radical (unpaired) electrons. The predicted octanol–water partition coefficient (Wildman–Crippen LogP) is 4.12. The van der Waals surface area contributed by atoms with Gasteiger partial charge in [-0.05, 0) is 57.1 Å². The van der Waals surface area contributed by atoms with Gasteiger partial charge in [-0.3, -0.25) is 4.79 Å². The summed E-state index contributed by atoms with van der Waals surface area (Å²) in [5, 5.41) is 3.93. The lowest BCUT2D eigenvalue weighted by molar-refractivity contribution is -0.138. The van der Waals surface area contributed by atoms with Gasteiger partial charge in [0.2, 0.25) is 15.9 Å². The van der Waals surface area contributed by atoms with Crippen LogP contribution in [0.3, 0.4) is 0 Å². The Morgan fingerprint density at radius 2 is 1.76 bits per heavy atom. The second-order valence-corrected chi connectivity index (χ2v) is 11.3. The summed E-state index contributed by atoms with van der Waals surface area (Å²) in [6.45, 7) is 8.16. The van der Waals surface area contributed by atoms with Crippen LogP contribution in [-0.4, -0.2) is 54.9 Å². The van der Waals surface area contributed by atoms with Crippen molar-refractivity contribution in [3.05, 3.63) is 46.8 Å². The molecular weight excluding hydrogens is 438 g/mol. The van der Waals surface area contributed by atoms with E-state index in [0.717, 1.165) is 37.1 Å². The summed E-state index contributed by atoms with van der Waals surface area (Å²) in [6, 6.07) is 7.92. The topological polar surface area (TPSA) is 83.7 Å². The van der Waals surface area contributed by atoms with E-state index in [1.54, 1.807) is 13.0 Å². The SMILES string of the molecule is Cc1cccc(C=Cc2onc(C)c2S(=O)(=O)N2CCC(C(=O)N3CCC(C)CC3)CC2)c1. The molecule has 8 heteroatoms. The van der Waals surface area contributed by atoms with Crippen molar-refractivity contribution in [1.29, 1.82) is 0 Å². The van der Waals surface area contributed by atoms with Gasteiger partial charge in [0.25, 0.3) is 0 Å². The maximum absolute atomic E-state index is 13.5. The molecule has 0 saturated carbocycles. The summed E-state index contributed by atoms with van der Waals surface area (Å²) in [5.74, 6) is 0.979. The molecule has 2 saturated heterocycles. The molecule has 0 spiro atoms. The van der Waals surface area contributed by atoms with Gasteiger partial charge in [0.1, 0.15) is 5.69 Å². The Kier molecular flexibility index (Phi) is 7.05. The maximum atomic E-state index is 13.5. The first-order chi connectivity index (χ1) is 15.8. The highest BCUT2D eigenvalue weighted by molar-refractivity contribution is 7.89. The largest absolute Gasteiger partial charge is 0.355 e. The zero-order valence-electron chi connectivity index (χ0n) is 19.7. The molecular formula is C25H33N3O4S.